The predicted molar refractivity (Wildman–Crippen MR) is 67.2 cm³/mol. The summed E-state index contributed by atoms with van der Waals surface area (Å²) in [7, 11) is 0. The molecule has 1 nitrogen and oxygen atoms in total. The SMILES string of the molecule is Cc1cccc(-c2ccc3c(c2)CNC3)c1. The predicted octanol–water partition coefficient (Wildman–Crippen LogP) is 3.27. The van der Waals surface area contributed by atoms with Crippen LogP contribution in [0.15, 0.2) is 42.5 Å². The Bertz CT molecular complexity index is 529. The average molecular weight is 209 g/mol. The Labute approximate surface area is 96.1 Å². The first-order valence-corrected chi connectivity index (χ1v) is 5.72. The lowest BCUT2D eigenvalue weighted by molar-refractivity contribution is 0.765. The molecule has 1 heterocycles. The molecule has 1 aliphatic heterocycles. The highest BCUT2D eigenvalue weighted by Crippen LogP contribution is 2.25. The minimum absolute atomic E-state index is 1.01. The van der Waals surface area contributed by atoms with Crippen LogP contribution >= 0.6 is 0 Å². The highest BCUT2D eigenvalue weighted by Gasteiger charge is 2.10. The molecular weight excluding hydrogens is 194 g/mol. The van der Waals surface area contributed by atoms with Gasteiger partial charge in [-0.05, 0) is 35.2 Å². The second-order valence-electron chi connectivity index (χ2n) is 4.46. The van der Waals surface area contributed by atoms with Crippen LogP contribution in [0.3, 0.4) is 0 Å². The molecule has 0 atom stereocenters. The highest BCUT2D eigenvalue weighted by molar-refractivity contribution is 5.65. The number of aryl methyl sites for hydroxylation is 1. The van der Waals surface area contributed by atoms with Gasteiger partial charge in [0.25, 0.3) is 0 Å². The Balaban J connectivity index is 2.07. The summed E-state index contributed by atoms with van der Waals surface area (Å²) in [5.74, 6) is 0. The van der Waals surface area contributed by atoms with E-state index in [1.807, 2.05) is 0 Å². The summed E-state index contributed by atoms with van der Waals surface area (Å²) in [5, 5.41) is 3.38. The molecule has 1 aliphatic rings. The van der Waals surface area contributed by atoms with Crippen LogP contribution in [0.2, 0.25) is 0 Å². The third kappa shape index (κ3) is 1.63. The molecule has 80 valence electrons. The van der Waals surface area contributed by atoms with Gasteiger partial charge >= 0.3 is 0 Å². The van der Waals surface area contributed by atoms with Crippen molar-refractivity contribution in [3.05, 3.63) is 59.2 Å². The Kier molecular flexibility index (Phi) is 2.26. The van der Waals surface area contributed by atoms with Gasteiger partial charge in [-0.15, -0.1) is 0 Å². The molecule has 3 rings (SSSR count). The van der Waals surface area contributed by atoms with Gasteiger partial charge < -0.3 is 5.32 Å². The molecule has 0 unspecified atom stereocenters. The fourth-order valence-electron chi connectivity index (χ4n) is 2.30. The van der Waals surface area contributed by atoms with Crippen LogP contribution in [-0.4, -0.2) is 0 Å². The molecule has 0 fully saturated rings. The number of fused-ring (bicyclic) bond motifs is 1. The Hall–Kier alpha value is -1.60. The molecular formula is C15H15N. The fraction of sp³-hybridized carbons (Fsp3) is 0.200. The summed E-state index contributed by atoms with van der Waals surface area (Å²) in [6, 6.07) is 15.5. The van der Waals surface area contributed by atoms with Gasteiger partial charge in [0.15, 0.2) is 0 Å². The van der Waals surface area contributed by atoms with E-state index in [1.165, 1.54) is 27.8 Å². The van der Waals surface area contributed by atoms with Crippen LogP contribution in [0.1, 0.15) is 16.7 Å². The molecule has 1 heteroatoms. The number of benzene rings is 2. The number of hydrogen-bond donors (Lipinski definition) is 1. The van der Waals surface area contributed by atoms with Crippen molar-refractivity contribution in [2.45, 2.75) is 20.0 Å². The smallest absolute Gasteiger partial charge is 0.0212 e. The van der Waals surface area contributed by atoms with Gasteiger partial charge in [-0.2, -0.15) is 0 Å². The van der Waals surface area contributed by atoms with Crippen LogP contribution in [0.4, 0.5) is 0 Å². The lowest BCUT2D eigenvalue weighted by Gasteiger charge is -2.05. The van der Waals surface area contributed by atoms with Crippen molar-refractivity contribution in [3.8, 4) is 11.1 Å². The minimum Gasteiger partial charge on any atom is -0.309 e. The molecule has 0 bridgehead atoms. The lowest BCUT2D eigenvalue weighted by Crippen LogP contribution is -1.99. The van der Waals surface area contributed by atoms with E-state index in [4.69, 9.17) is 0 Å². The topological polar surface area (TPSA) is 12.0 Å². The van der Waals surface area contributed by atoms with Crippen molar-refractivity contribution in [2.75, 3.05) is 0 Å². The summed E-state index contributed by atoms with van der Waals surface area (Å²) in [5.41, 5.74) is 6.84. The third-order valence-corrected chi connectivity index (χ3v) is 3.19. The quantitative estimate of drug-likeness (QED) is 0.760. The molecule has 2 aromatic rings. The van der Waals surface area contributed by atoms with E-state index in [-0.39, 0.29) is 0 Å². The summed E-state index contributed by atoms with van der Waals surface area (Å²) in [4.78, 5) is 0. The van der Waals surface area contributed by atoms with E-state index in [1.54, 1.807) is 0 Å². The standard InChI is InChI=1S/C15H15N/c1-11-3-2-4-12(7-11)13-5-6-14-9-16-10-15(14)8-13/h2-8,16H,9-10H2,1H3. The summed E-state index contributed by atoms with van der Waals surface area (Å²) in [6.45, 7) is 4.16. The largest absolute Gasteiger partial charge is 0.309 e. The number of rotatable bonds is 1. The van der Waals surface area contributed by atoms with Crippen LogP contribution in [0.5, 0.6) is 0 Å². The molecule has 0 aliphatic carbocycles. The zero-order chi connectivity index (χ0) is 11.0. The number of nitrogens with one attached hydrogen (secondary N) is 1. The van der Waals surface area contributed by atoms with Gasteiger partial charge in [-0.25, -0.2) is 0 Å². The van der Waals surface area contributed by atoms with E-state index < -0.39 is 0 Å². The van der Waals surface area contributed by atoms with E-state index in [2.05, 4.69) is 54.7 Å². The summed E-state index contributed by atoms with van der Waals surface area (Å²) in [6.07, 6.45) is 0. The van der Waals surface area contributed by atoms with Crippen LogP contribution in [0.25, 0.3) is 11.1 Å². The van der Waals surface area contributed by atoms with Crippen molar-refractivity contribution in [3.63, 3.8) is 0 Å². The first-order valence-electron chi connectivity index (χ1n) is 5.72. The molecule has 0 saturated carbocycles. The Morgan fingerprint density at radius 1 is 0.875 bits per heavy atom. The van der Waals surface area contributed by atoms with Crippen molar-refractivity contribution in [2.24, 2.45) is 0 Å². The average Bonchev–Trinajstić information content (AvgIpc) is 2.75. The van der Waals surface area contributed by atoms with Gasteiger partial charge in [0, 0.05) is 13.1 Å². The van der Waals surface area contributed by atoms with Crippen molar-refractivity contribution in [1.82, 2.24) is 5.32 Å². The highest BCUT2D eigenvalue weighted by atomic mass is 14.9. The molecule has 0 aromatic heterocycles. The second-order valence-corrected chi connectivity index (χ2v) is 4.46. The lowest BCUT2D eigenvalue weighted by atomic mass is 9.99. The van der Waals surface area contributed by atoms with Crippen molar-refractivity contribution >= 4 is 0 Å². The van der Waals surface area contributed by atoms with Crippen LogP contribution in [-0.2, 0) is 13.1 Å². The van der Waals surface area contributed by atoms with Gasteiger partial charge in [-0.3, -0.25) is 0 Å². The summed E-state index contributed by atoms with van der Waals surface area (Å²) < 4.78 is 0. The van der Waals surface area contributed by atoms with E-state index >= 15 is 0 Å². The van der Waals surface area contributed by atoms with Crippen molar-refractivity contribution < 1.29 is 0 Å². The van der Waals surface area contributed by atoms with Gasteiger partial charge in [0.05, 0.1) is 0 Å². The van der Waals surface area contributed by atoms with Gasteiger partial charge in [0.2, 0.25) is 0 Å². The maximum absolute atomic E-state index is 3.38. The fourth-order valence-corrected chi connectivity index (χ4v) is 2.30. The van der Waals surface area contributed by atoms with E-state index in [0.29, 0.717) is 0 Å². The van der Waals surface area contributed by atoms with Crippen molar-refractivity contribution in [1.29, 1.82) is 0 Å². The summed E-state index contributed by atoms with van der Waals surface area (Å²) >= 11 is 0. The van der Waals surface area contributed by atoms with Crippen LogP contribution in [0, 0.1) is 6.92 Å². The maximum atomic E-state index is 3.38. The zero-order valence-electron chi connectivity index (χ0n) is 9.46. The Morgan fingerprint density at radius 2 is 1.69 bits per heavy atom. The van der Waals surface area contributed by atoms with E-state index in [9.17, 15) is 0 Å². The van der Waals surface area contributed by atoms with Gasteiger partial charge in [-0.1, -0.05) is 42.0 Å². The van der Waals surface area contributed by atoms with E-state index in [0.717, 1.165) is 13.1 Å². The normalized spacial score (nSPS) is 13.8. The molecule has 16 heavy (non-hydrogen) atoms. The molecule has 0 amide bonds. The zero-order valence-corrected chi connectivity index (χ0v) is 9.46. The molecule has 2 aromatic carbocycles. The molecule has 0 saturated heterocycles. The number of hydrogen-bond acceptors (Lipinski definition) is 1. The maximum Gasteiger partial charge on any atom is 0.0212 e. The molecule has 0 radical (unpaired) electrons. The monoisotopic (exact) mass is 209 g/mol. The molecule has 1 N–H and O–H groups in total. The minimum atomic E-state index is 1.01. The van der Waals surface area contributed by atoms with Crippen LogP contribution < -0.4 is 5.32 Å². The molecule has 0 spiro atoms. The second kappa shape index (κ2) is 3.76. The third-order valence-electron chi connectivity index (χ3n) is 3.19. The first-order chi connectivity index (χ1) is 7.83. The Morgan fingerprint density at radius 3 is 2.56 bits per heavy atom. The first kappa shape index (κ1) is 9.61. The van der Waals surface area contributed by atoms with Gasteiger partial charge in [0.1, 0.15) is 0 Å².